The van der Waals surface area contributed by atoms with Crippen LogP contribution in [0.25, 0.3) is 0 Å². The quantitative estimate of drug-likeness (QED) is 0.459. The van der Waals surface area contributed by atoms with Gasteiger partial charge in [0.2, 0.25) is 0 Å². The third-order valence-corrected chi connectivity index (χ3v) is 2.98. The van der Waals surface area contributed by atoms with Gasteiger partial charge < -0.3 is 9.53 Å². The van der Waals surface area contributed by atoms with Crippen LogP contribution in [0.1, 0.15) is 51.0 Å². The molecule has 0 heterocycles. The highest BCUT2D eigenvalue weighted by molar-refractivity contribution is 5.48. The van der Waals surface area contributed by atoms with E-state index < -0.39 is 0 Å². The van der Waals surface area contributed by atoms with Gasteiger partial charge in [0.05, 0.1) is 6.61 Å². The number of aryl methyl sites for hydroxylation is 1. The fourth-order valence-corrected chi connectivity index (χ4v) is 1.83. The van der Waals surface area contributed by atoms with Crippen LogP contribution >= 0.6 is 0 Å². The minimum Gasteiger partial charge on any atom is -0.494 e. The lowest BCUT2D eigenvalue weighted by Gasteiger charge is -2.06. The number of carbonyl (C=O) groups is 1. The van der Waals surface area contributed by atoms with Crippen LogP contribution in [0.5, 0.6) is 5.75 Å². The molecule has 0 spiro atoms. The van der Waals surface area contributed by atoms with Crippen LogP contribution in [0.4, 0.5) is 0 Å². The summed E-state index contributed by atoms with van der Waals surface area (Å²) in [5.74, 6) is 0.950. The first-order valence-electron chi connectivity index (χ1n) is 7.02. The maximum absolute atomic E-state index is 10.1. The molecule has 0 N–H and O–H groups in total. The van der Waals surface area contributed by atoms with Gasteiger partial charge in [0, 0.05) is 6.42 Å². The Labute approximate surface area is 110 Å². The van der Waals surface area contributed by atoms with Crippen LogP contribution in [0.2, 0.25) is 0 Å². The summed E-state index contributed by atoms with van der Waals surface area (Å²) in [6.07, 6.45) is 8.35. The number of unbranched alkanes of at least 4 members (excludes halogenated alkanes) is 4. The molecule has 0 saturated heterocycles. The van der Waals surface area contributed by atoms with Crippen molar-refractivity contribution in [3.63, 3.8) is 0 Å². The Bertz CT molecular complexity index is 316. The number of rotatable bonds is 10. The van der Waals surface area contributed by atoms with Gasteiger partial charge in [0.1, 0.15) is 12.0 Å². The molecular weight excluding hydrogens is 224 g/mol. The third-order valence-electron chi connectivity index (χ3n) is 2.98. The summed E-state index contributed by atoms with van der Waals surface area (Å²) in [5, 5.41) is 0. The van der Waals surface area contributed by atoms with Crippen molar-refractivity contribution in [1.29, 1.82) is 0 Å². The van der Waals surface area contributed by atoms with Crippen molar-refractivity contribution in [2.24, 2.45) is 0 Å². The number of aldehydes is 1. The van der Waals surface area contributed by atoms with Crippen molar-refractivity contribution in [2.45, 2.75) is 51.9 Å². The molecular formula is C16H24O2. The summed E-state index contributed by atoms with van der Waals surface area (Å²) < 4.78 is 5.66. The largest absolute Gasteiger partial charge is 0.494 e. The molecule has 0 amide bonds. The number of carbonyl (C=O) groups excluding carboxylic acids is 1. The van der Waals surface area contributed by atoms with Gasteiger partial charge >= 0.3 is 0 Å². The maximum Gasteiger partial charge on any atom is 0.119 e. The lowest BCUT2D eigenvalue weighted by molar-refractivity contribution is -0.107. The summed E-state index contributed by atoms with van der Waals surface area (Å²) in [6.45, 7) is 2.95. The topological polar surface area (TPSA) is 26.3 Å². The van der Waals surface area contributed by atoms with Crippen LogP contribution in [-0.2, 0) is 11.2 Å². The molecule has 0 bridgehead atoms. The fourth-order valence-electron chi connectivity index (χ4n) is 1.83. The van der Waals surface area contributed by atoms with Crippen molar-refractivity contribution in [3.8, 4) is 5.75 Å². The van der Waals surface area contributed by atoms with Gasteiger partial charge in [0.15, 0.2) is 0 Å². The molecule has 2 heteroatoms. The van der Waals surface area contributed by atoms with Gasteiger partial charge in [-0.15, -0.1) is 0 Å². The molecule has 0 aliphatic rings. The monoisotopic (exact) mass is 248 g/mol. The second-order valence-electron chi connectivity index (χ2n) is 4.61. The first kappa shape index (κ1) is 14.7. The van der Waals surface area contributed by atoms with Gasteiger partial charge in [-0.05, 0) is 49.8 Å². The molecule has 0 unspecified atom stereocenters. The first-order valence-corrected chi connectivity index (χ1v) is 7.02. The standard InChI is InChI=1S/C16H24O2/c1-2-3-8-15-9-11-16(12-10-15)18-14-7-5-4-6-13-17/h9-13H,2-8,14H2,1H3. The zero-order valence-corrected chi connectivity index (χ0v) is 11.4. The van der Waals surface area contributed by atoms with Crippen molar-refractivity contribution < 1.29 is 9.53 Å². The van der Waals surface area contributed by atoms with Crippen molar-refractivity contribution in [2.75, 3.05) is 6.61 Å². The number of hydrogen-bond donors (Lipinski definition) is 0. The van der Waals surface area contributed by atoms with Crippen LogP contribution in [0, 0.1) is 0 Å². The number of ether oxygens (including phenoxy) is 1. The maximum atomic E-state index is 10.1. The molecule has 0 aliphatic heterocycles. The van der Waals surface area contributed by atoms with E-state index >= 15 is 0 Å². The van der Waals surface area contributed by atoms with E-state index in [1.54, 1.807) is 0 Å². The molecule has 0 aromatic heterocycles. The highest BCUT2D eigenvalue weighted by Crippen LogP contribution is 2.14. The number of benzene rings is 1. The minimum absolute atomic E-state index is 0.673. The normalized spacial score (nSPS) is 10.3. The second kappa shape index (κ2) is 9.69. The molecule has 0 aliphatic carbocycles. The van der Waals surface area contributed by atoms with E-state index in [4.69, 9.17) is 4.74 Å². The lowest BCUT2D eigenvalue weighted by Crippen LogP contribution is -1.97. The van der Waals surface area contributed by atoms with Crippen LogP contribution in [0.3, 0.4) is 0 Å². The van der Waals surface area contributed by atoms with Gasteiger partial charge in [-0.1, -0.05) is 25.5 Å². The molecule has 0 fully saturated rings. The van der Waals surface area contributed by atoms with E-state index in [1.165, 1.54) is 18.4 Å². The summed E-state index contributed by atoms with van der Waals surface area (Å²) in [5.41, 5.74) is 1.38. The molecule has 18 heavy (non-hydrogen) atoms. The molecule has 0 saturated carbocycles. The van der Waals surface area contributed by atoms with E-state index in [0.717, 1.165) is 44.3 Å². The Balaban J connectivity index is 2.16. The van der Waals surface area contributed by atoms with E-state index in [2.05, 4.69) is 31.2 Å². The summed E-state index contributed by atoms with van der Waals surface area (Å²) in [4.78, 5) is 10.1. The van der Waals surface area contributed by atoms with Crippen LogP contribution < -0.4 is 4.74 Å². The first-order chi connectivity index (χ1) is 8.86. The average molecular weight is 248 g/mol. The smallest absolute Gasteiger partial charge is 0.119 e. The van der Waals surface area contributed by atoms with Gasteiger partial charge in [-0.3, -0.25) is 0 Å². The molecule has 100 valence electrons. The summed E-state index contributed by atoms with van der Waals surface area (Å²) >= 11 is 0. The molecule has 1 aromatic rings. The Kier molecular flexibility index (Phi) is 7.94. The Morgan fingerprint density at radius 1 is 1.06 bits per heavy atom. The SMILES string of the molecule is CCCCc1ccc(OCCCCCC=O)cc1. The molecule has 0 atom stereocenters. The van der Waals surface area contributed by atoms with Crippen LogP contribution in [-0.4, -0.2) is 12.9 Å². The fraction of sp³-hybridized carbons (Fsp3) is 0.562. The van der Waals surface area contributed by atoms with Gasteiger partial charge in [-0.2, -0.15) is 0 Å². The Hall–Kier alpha value is -1.31. The molecule has 0 radical (unpaired) electrons. The zero-order valence-electron chi connectivity index (χ0n) is 11.4. The highest BCUT2D eigenvalue weighted by atomic mass is 16.5. The highest BCUT2D eigenvalue weighted by Gasteiger charge is 1.96. The summed E-state index contributed by atoms with van der Waals surface area (Å²) in [7, 11) is 0. The van der Waals surface area contributed by atoms with E-state index in [9.17, 15) is 4.79 Å². The Morgan fingerprint density at radius 3 is 2.50 bits per heavy atom. The molecule has 1 aromatic carbocycles. The molecule has 2 nitrogen and oxygen atoms in total. The molecule has 1 rings (SSSR count). The van der Waals surface area contributed by atoms with E-state index in [0.29, 0.717) is 6.42 Å². The predicted molar refractivity (Wildman–Crippen MR) is 75.1 cm³/mol. The lowest BCUT2D eigenvalue weighted by atomic mass is 10.1. The minimum atomic E-state index is 0.673. The van der Waals surface area contributed by atoms with E-state index in [1.807, 2.05) is 0 Å². The number of hydrogen-bond acceptors (Lipinski definition) is 2. The zero-order chi connectivity index (χ0) is 13.1. The van der Waals surface area contributed by atoms with Crippen molar-refractivity contribution in [1.82, 2.24) is 0 Å². The summed E-state index contributed by atoms with van der Waals surface area (Å²) in [6, 6.07) is 8.40. The van der Waals surface area contributed by atoms with Gasteiger partial charge in [-0.25, -0.2) is 0 Å². The average Bonchev–Trinajstić information content (AvgIpc) is 2.42. The van der Waals surface area contributed by atoms with Crippen LogP contribution in [0.15, 0.2) is 24.3 Å². The second-order valence-corrected chi connectivity index (χ2v) is 4.61. The van der Waals surface area contributed by atoms with E-state index in [-0.39, 0.29) is 0 Å². The van der Waals surface area contributed by atoms with Gasteiger partial charge in [0.25, 0.3) is 0 Å². The van der Waals surface area contributed by atoms with Crippen molar-refractivity contribution in [3.05, 3.63) is 29.8 Å². The van der Waals surface area contributed by atoms with Crippen molar-refractivity contribution >= 4 is 6.29 Å². The predicted octanol–water partition coefficient (Wildman–Crippen LogP) is 4.17. The Morgan fingerprint density at radius 2 is 1.83 bits per heavy atom. The third kappa shape index (κ3) is 6.43.